The fourth-order valence-electron chi connectivity index (χ4n) is 2.57. The molecule has 1 aromatic carbocycles. The van der Waals surface area contributed by atoms with E-state index in [2.05, 4.69) is 10.3 Å². The van der Waals surface area contributed by atoms with Gasteiger partial charge in [0.1, 0.15) is 5.75 Å². The topological polar surface area (TPSA) is 60.5 Å². The first-order valence-corrected chi connectivity index (χ1v) is 7.01. The molecule has 0 spiro atoms. The average Bonchev–Trinajstić information content (AvgIpc) is 2.98. The number of carbonyl (C=O) groups is 1. The van der Waals surface area contributed by atoms with E-state index in [9.17, 15) is 4.79 Å². The Bertz CT molecular complexity index is 679. The first-order chi connectivity index (χ1) is 10.2. The molecule has 1 aromatic heterocycles. The van der Waals surface area contributed by atoms with Crippen molar-refractivity contribution >= 4 is 16.8 Å². The molecule has 21 heavy (non-hydrogen) atoms. The van der Waals surface area contributed by atoms with Gasteiger partial charge in [-0.3, -0.25) is 9.78 Å². The number of hydrogen-bond acceptors (Lipinski definition) is 4. The molecule has 5 heteroatoms. The van der Waals surface area contributed by atoms with E-state index < -0.39 is 0 Å². The SMILES string of the molecule is COc1ccc2c(C(=O)N[C@@H]3CCOC3)cc(C)nc2c1. The lowest BCUT2D eigenvalue weighted by Crippen LogP contribution is -2.35. The molecule has 0 bridgehead atoms. The fraction of sp³-hybridized carbons (Fsp3) is 0.375. The highest BCUT2D eigenvalue weighted by molar-refractivity contribution is 6.06. The van der Waals surface area contributed by atoms with Crippen LogP contribution in [0.25, 0.3) is 10.9 Å². The summed E-state index contributed by atoms with van der Waals surface area (Å²) in [6, 6.07) is 7.48. The number of aromatic nitrogens is 1. The summed E-state index contributed by atoms with van der Waals surface area (Å²) in [6.07, 6.45) is 0.863. The van der Waals surface area contributed by atoms with Crippen LogP contribution in [0.1, 0.15) is 22.5 Å². The number of fused-ring (bicyclic) bond motifs is 1. The Morgan fingerprint density at radius 2 is 2.29 bits per heavy atom. The predicted octanol–water partition coefficient (Wildman–Crippen LogP) is 2.07. The average molecular weight is 286 g/mol. The van der Waals surface area contributed by atoms with Crippen molar-refractivity contribution in [2.75, 3.05) is 20.3 Å². The van der Waals surface area contributed by atoms with Crippen molar-refractivity contribution in [1.82, 2.24) is 10.3 Å². The number of benzene rings is 1. The van der Waals surface area contributed by atoms with Gasteiger partial charge in [-0.2, -0.15) is 0 Å². The summed E-state index contributed by atoms with van der Waals surface area (Å²) in [5.74, 6) is 0.655. The van der Waals surface area contributed by atoms with E-state index in [0.717, 1.165) is 28.8 Å². The smallest absolute Gasteiger partial charge is 0.252 e. The number of hydrogen-bond donors (Lipinski definition) is 1. The molecule has 0 saturated carbocycles. The number of amides is 1. The van der Waals surface area contributed by atoms with Crippen LogP contribution in [0.15, 0.2) is 24.3 Å². The summed E-state index contributed by atoms with van der Waals surface area (Å²) in [4.78, 5) is 17.0. The third-order valence-electron chi connectivity index (χ3n) is 3.65. The van der Waals surface area contributed by atoms with Crippen LogP contribution >= 0.6 is 0 Å². The van der Waals surface area contributed by atoms with Gasteiger partial charge < -0.3 is 14.8 Å². The molecule has 110 valence electrons. The van der Waals surface area contributed by atoms with E-state index in [0.29, 0.717) is 18.8 Å². The standard InChI is InChI=1S/C16H18N2O3/c1-10-7-14(16(19)18-11-5-6-21-9-11)13-4-3-12(20-2)8-15(13)17-10/h3-4,7-8,11H,5-6,9H2,1-2H3,(H,18,19)/t11-/m1/s1. The molecule has 3 rings (SSSR count). The molecule has 1 atom stereocenters. The predicted molar refractivity (Wildman–Crippen MR) is 79.7 cm³/mol. The van der Waals surface area contributed by atoms with Crippen molar-refractivity contribution < 1.29 is 14.3 Å². The van der Waals surface area contributed by atoms with Crippen molar-refractivity contribution in [2.45, 2.75) is 19.4 Å². The normalized spacial score (nSPS) is 17.9. The molecule has 2 heterocycles. The summed E-state index contributed by atoms with van der Waals surface area (Å²) >= 11 is 0. The van der Waals surface area contributed by atoms with Crippen molar-refractivity contribution in [1.29, 1.82) is 0 Å². The van der Waals surface area contributed by atoms with Gasteiger partial charge in [0, 0.05) is 23.8 Å². The van der Waals surface area contributed by atoms with Gasteiger partial charge in [0.05, 0.1) is 30.8 Å². The third-order valence-corrected chi connectivity index (χ3v) is 3.65. The molecule has 1 N–H and O–H groups in total. The molecule has 0 unspecified atom stereocenters. The second-order valence-electron chi connectivity index (χ2n) is 5.23. The highest BCUT2D eigenvalue weighted by Gasteiger charge is 2.20. The second-order valence-corrected chi connectivity index (χ2v) is 5.23. The Balaban J connectivity index is 1.98. The number of pyridine rings is 1. The molecular formula is C16H18N2O3. The van der Waals surface area contributed by atoms with Gasteiger partial charge in [0.15, 0.2) is 0 Å². The number of rotatable bonds is 3. The molecule has 1 fully saturated rings. The Labute approximate surface area is 123 Å². The summed E-state index contributed by atoms with van der Waals surface area (Å²) < 4.78 is 10.5. The maximum absolute atomic E-state index is 12.5. The monoisotopic (exact) mass is 286 g/mol. The maximum Gasteiger partial charge on any atom is 0.252 e. The molecule has 2 aromatic rings. The third kappa shape index (κ3) is 2.83. The van der Waals surface area contributed by atoms with Crippen molar-refractivity contribution in [3.8, 4) is 5.75 Å². The van der Waals surface area contributed by atoms with E-state index >= 15 is 0 Å². The minimum absolute atomic E-state index is 0.0776. The van der Waals surface area contributed by atoms with Gasteiger partial charge in [-0.05, 0) is 31.5 Å². The van der Waals surface area contributed by atoms with Crippen LogP contribution < -0.4 is 10.1 Å². The van der Waals surface area contributed by atoms with E-state index in [1.807, 2.05) is 31.2 Å². The summed E-state index contributed by atoms with van der Waals surface area (Å²) in [5, 5.41) is 3.85. The lowest BCUT2D eigenvalue weighted by Gasteiger charge is -2.13. The van der Waals surface area contributed by atoms with Crippen LogP contribution in [0.3, 0.4) is 0 Å². The summed E-state index contributed by atoms with van der Waals surface area (Å²) in [5.41, 5.74) is 2.22. The number of nitrogens with one attached hydrogen (secondary N) is 1. The minimum atomic E-state index is -0.0776. The van der Waals surface area contributed by atoms with Crippen LogP contribution in [0.4, 0.5) is 0 Å². The van der Waals surface area contributed by atoms with Gasteiger partial charge in [0.25, 0.3) is 5.91 Å². The zero-order valence-electron chi connectivity index (χ0n) is 12.2. The first-order valence-electron chi connectivity index (χ1n) is 7.01. The van der Waals surface area contributed by atoms with E-state index in [4.69, 9.17) is 9.47 Å². The van der Waals surface area contributed by atoms with Crippen LogP contribution in [0.5, 0.6) is 5.75 Å². The van der Waals surface area contributed by atoms with Crippen molar-refractivity contribution in [3.05, 3.63) is 35.5 Å². The van der Waals surface area contributed by atoms with E-state index in [1.165, 1.54) is 0 Å². The largest absolute Gasteiger partial charge is 0.497 e. The van der Waals surface area contributed by atoms with E-state index in [-0.39, 0.29) is 11.9 Å². The number of methoxy groups -OCH3 is 1. The molecule has 1 aliphatic heterocycles. The molecule has 0 radical (unpaired) electrons. The van der Waals surface area contributed by atoms with Gasteiger partial charge >= 0.3 is 0 Å². The summed E-state index contributed by atoms with van der Waals surface area (Å²) in [7, 11) is 1.62. The Morgan fingerprint density at radius 1 is 1.43 bits per heavy atom. The maximum atomic E-state index is 12.5. The zero-order chi connectivity index (χ0) is 14.8. The molecule has 5 nitrogen and oxygen atoms in total. The lowest BCUT2D eigenvalue weighted by atomic mass is 10.1. The first kappa shape index (κ1) is 13.8. The van der Waals surface area contributed by atoms with Crippen molar-refractivity contribution in [2.24, 2.45) is 0 Å². The Morgan fingerprint density at radius 3 is 3.00 bits per heavy atom. The molecular weight excluding hydrogens is 268 g/mol. The van der Waals surface area contributed by atoms with E-state index in [1.54, 1.807) is 7.11 Å². The van der Waals surface area contributed by atoms with Gasteiger partial charge in [-0.1, -0.05) is 0 Å². The van der Waals surface area contributed by atoms with Crippen molar-refractivity contribution in [3.63, 3.8) is 0 Å². The zero-order valence-corrected chi connectivity index (χ0v) is 12.2. The molecule has 1 amide bonds. The van der Waals surface area contributed by atoms with Gasteiger partial charge in [-0.15, -0.1) is 0 Å². The highest BCUT2D eigenvalue weighted by Crippen LogP contribution is 2.23. The quantitative estimate of drug-likeness (QED) is 0.938. The summed E-state index contributed by atoms with van der Waals surface area (Å²) in [6.45, 7) is 3.17. The number of aryl methyl sites for hydroxylation is 1. The second kappa shape index (κ2) is 5.69. The Kier molecular flexibility index (Phi) is 3.75. The number of ether oxygens (including phenoxy) is 2. The molecule has 1 aliphatic rings. The number of carbonyl (C=O) groups excluding carboxylic acids is 1. The molecule has 1 saturated heterocycles. The number of nitrogens with zero attached hydrogens (tertiary/aromatic N) is 1. The highest BCUT2D eigenvalue weighted by atomic mass is 16.5. The van der Waals surface area contributed by atoms with Crippen LogP contribution in [-0.4, -0.2) is 37.3 Å². The van der Waals surface area contributed by atoms with Gasteiger partial charge in [-0.25, -0.2) is 0 Å². The molecule has 0 aliphatic carbocycles. The minimum Gasteiger partial charge on any atom is -0.497 e. The van der Waals surface area contributed by atoms with Crippen LogP contribution in [0.2, 0.25) is 0 Å². The van der Waals surface area contributed by atoms with Crippen LogP contribution in [0, 0.1) is 6.92 Å². The lowest BCUT2D eigenvalue weighted by molar-refractivity contribution is 0.0931. The van der Waals surface area contributed by atoms with Gasteiger partial charge in [0.2, 0.25) is 0 Å². The Hall–Kier alpha value is -2.14. The fourth-order valence-corrected chi connectivity index (χ4v) is 2.57. The van der Waals surface area contributed by atoms with Crippen LogP contribution in [-0.2, 0) is 4.74 Å².